The highest BCUT2D eigenvalue weighted by molar-refractivity contribution is 5.81. The van der Waals surface area contributed by atoms with Crippen LogP contribution < -0.4 is 5.32 Å². The number of amides is 1. The van der Waals surface area contributed by atoms with Crippen molar-refractivity contribution in [3.63, 3.8) is 0 Å². The van der Waals surface area contributed by atoms with Gasteiger partial charge in [0.25, 0.3) is 0 Å². The van der Waals surface area contributed by atoms with Crippen LogP contribution in [0.3, 0.4) is 0 Å². The van der Waals surface area contributed by atoms with Gasteiger partial charge in [0.15, 0.2) is 0 Å². The van der Waals surface area contributed by atoms with Crippen molar-refractivity contribution < 1.29 is 9.90 Å². The summed E-state index contributed by atoms with van der Waals surface area (Å²) in [5, 5.41) is 11.7. The first kappa shape index (κ1) is 12.4. The number of rotatable bonds is 3. The topological polar surface area (TPSA) is 49.3 Å². The van der Waals surface area contributed by atoms with E-state index < -0.39 is 0 Å². The molecule has 13 heavy (non-hydrogen) atoms. The lowest BCUT2D eigenvalue weighted by Crippen LogP contribution is -2.43. The molecule has 0 aromatic rings. The molecule has 0 aliphatic rings. The van der Waals surface area contributed by atoms with Crippen molar-refractivity contribution in [3.05, 3.63) is 0 Å². The van der Waals surface area contributed by atoms with Gasteiger partial charge in [-0.3, -0.25) is 4.79 Å². The molecular weight excluding hydrogens is 166 g/mol. The zero-order valence-corrected chi connectivity index (χ0v) is 9.22. The van der Waals surface area contributed by atoms with Crippen molar-refractivity contribution in [1.29, 1.82) is 0 Å². The molecule has 0 bridgehead atoms. The molecule has 0 saturated carbocycles. The van der Waals surface area contributed by atoms with E-state index in [1.807, 2.05) is 34.6 Å². The van der Waals surface area contributed by atoms with Gasteiger partial charge in [-0.1, -0.05) is 27.7 Å². The largest absolute Gasteiger partial charge is 0.396 e. The summed E-state index contributed by atoms with van der Waals surface area (Å²) >= 11 is 0. The molecule has 0 spiro atoms. The van der Waals surface area contributed by atoms with Crippen LogP contribution >= 0.6 is 0 Å². The molecule has 0 saturated heterocycles. The van der Waals surface area contributed by atoms with Crippen LogP contribution in [0.1, 0.15) is 34.6 Å². The fourth-order valence-electron chi connectivity index (χ4n) is 0.724. The molecule has 0 aromatic carbocycles. The van der Waals surface area contributed by atoms with Crippen molar-refractivity contribution in [2.24, 2.45) is 11.3 Å². The Morgan fingerprint density at radius 3 is 2.15 bits per heavy atom. The molecule has 1 amide bonds. The fraction of sp³-hybridized carbons (Fsp3) is 0.900. The average Bonchev–Trinajstić information content (AvgIpc) is 2.01. The van der Waals surface area contributed by atoms with E-state index in [0.717, 1.165) is 0 Å². The number of carbonyl (C=O) groups is 1. The maximum Gasteiger partial charge on any atom is 0.225 e. The number of hydrogen-bond donors (Lipinski definition) is 2. The Morgan fingerprint density at radius 1 is 1.38 bits per heavy atom. The number of hydrogen-bond acceptors (Lipinski definition) is 2. The zero-order valence-electron chi connectivity index (χ0n) is 9.22. The summed E-state index contributed by atoms with van der Waals surface area (Å²) in [4.78, 5) is 11.5. The zero-order chi connectivity index (χ0) is 10.6. The second kappa shape index (κ2) is 4.61. The van der Waals surface area contributed by atoms with Gasteiger partial charge in [-0.15, -0.1) is 0 Å². The summed E-state index contributed by atoms with van der Waals surface area (Å²) in [5.74, 6) is 0.131. The third-order valence-electron chi connectivity index (χ3n) is 2.18. The quantitative estimate of drug-likeness (QED) is 0.696. The fourth-order valence-corrected chi connectivity index (χ4v) is 0.724. The smallest absolute Gasteiger partial charge is 0.225 e. The molecule has 0 heterocycles. The van der Waals surface area contributed by atoms with Crippen LogP contribution in [-0.2, 0) is 4.79 Å². The molecule has 3 nitrogen and oxygen atoms in total. The van der Waals surface area contributed by atoms with Gasteiger partial charge >= 0.3 is 0 Å². The Hall–Kier alpha value is -0.570. The van der Waals surface area contributed by atoms with Crippen LogP contribution in [0.4, 0.5) is 0 Å². The van der Waals surface area contributed by atoms with Gasteiger partial charge in [-0.2, -0.15) is 0 Å². The maximum absolute atomic E-state index is 11.5. The van der Waals surface area contributed by atoms with Crippen molar-refractivity contribution in [1.82, 2.24) is 5.32 Å². The van der Waals surface area contributed by atoms with Crippen LogP contribution in [0.15, 0.2) is 0 Å². The first-order valence-corrected chi connectivity index (χ1v) is 4.71. The van der Waals surface area contributed by atoms with Crippen molar-refractivity contribution in [3.8, 4) is 0 Å². The highest BCUT2D eigenvalue weighted by Gasteiger charge is 2.23. The van der Waals surface area contributed by atoms with Crippen LogP contribution in [0.2, 0.25) is 0 Å². The summed E-state index contributed by atoms with van der Waals surface area (Å²) in [6, 6.07) is 0.0247. The highest BCUT2D eigenvalue weighted by Crippen LogP contribution is 2.14. The van der Waals surface area contributed by atoms with Crippen molar-refractivity contribution in [2.75, 3.05) is 6.61 Å². The minimum Gasteiger partial charge on any atom is -0.396 e. The monoisotopic (exact) mass is 187 g/mol. The van der Waals surface area contributed by atoms with E-state index >= 15 is 0 Å². The van der Waals surface area contributed by atoms with Crippen LogP contribution in [0.5, 0.6) is 0 Å². The van der Waals surface area contributed by atoms with Gasteiger partial charge in [0.2, 0.25) is 5.91 Å². The normalized spacial score (nSPS) is 16.5. The predicted octanol–water partition coefficient (Wildman–Crippen LogP) is 1.17. The molecule has 2 atom stereocenters. The molecular formula is C10H21NO2. The summed E-state index contributed by atoms with van der Waals surface area (Å²) < 4.78 is 0. The molecule has 0 aliphatic carbocycles. The number of nitrogens with one attached hydrogen (secondary N) is 1. The lowest BCUT2D eigenvalue weighted by atomic mass is 9.94. The lowest BCUT2D eigenvalue weighted by molar-refractivity contribution is -0.129. The van der Waals surface area contributed by atoms with E-state index in [1.54, 1.807) is 0 Å². The van der Waals surface area contributed by atoms with E-state index in [-0.39, 0.29) is 29.9 Å². The summed E-state index contributed by atoms with van der Waals surface area (Å²) in [5.41, 5.74) is -0.358. The number of aliphatic hydroxyl groups excluding tert-OH is 1. The first-order chi connectivity index (χ1) is 5.79. The second-order valence-electron chi connectivity index (χ2n) is 4.67. The molecule has 0 rings (SSSR count). The molecule has 2 N–H and O–H groups in total. The van der Waals surface area contributed by atoms with Gasteiger partial charge < -0.3 is 10.4 Å². The Labute approximate surface area is 80.5 Å². The van der Waals surface area contributed by atoms with Gasteiger partial charge in [0.05, 0.1) is 0 Å². The Morgan fingerprint density at radius 2 is 1.85 bits per heavy atom. The summed E-state index contributed by atoms with van der Waals surface area (Å²) in [7, 11) is 0. The van der Waals surface area contributed by atoms with Gasteiger partial charge in [-0.25, -0.2) is 0 Å². The van der Waals surface area contributed by atoms with Gasteiger partial charge in [-0.05, 0) is 12.8 Å². The summed E-state index contributed by atoms with van der Waals surface area (Å²) in [6.45, 7) is 9.54. The predicted molar refractivity (Wildman–Crippen MR) is 53.3 cm³/mol. The number of aliphatic hydroxyl groups is 1. The van der Waals surface area contributed by atoms with E-state index in [0.29, 0.717) is 0 Å². The maximum atomic E-state index is 11.5. The molecule has 0 aromatic heterocycles. The van der Waals surface area contributed by atoms with Crippen LogP contribution in [-0.4, -0.2) is 23.7 Å². The Bertz CT molecular complexity index is 172. The van der Waals surface area contributed by atoms with Crippen molar-refractivity contribution >= 4 is 5.91 Å². The SMILES string of the molecule is CC(CO)C(C)NC(=O)C(C)(C)C. The highest BCUT2D eigenvalue weighted by atomic mass is 16.3. The Kier molecular flexibility index (Phi) is 4.40. The lowest BCUT2D eigenvalue weighted by Gasteiger charge is -2.24. The molecule has 3 heteroatoms. The molecule has 78 valence electrons. The second-order valence-corrected chi connectivity index (χ2v) is 4.67. The van der Waals surface area contributed by atoms with Gasteiger partial charge in [0.1, 0.15) is 0 Å². The summed E-state index contributed by atoms with van der Waals surface area (Å²) in [6.07, 6.45) is 0. The molecule has 0 fully saturated rings. The standard InChI is InChI=1S/C10H21NO2/c1-7(6-12)8(2)11-9(13)10(3,4)5/h7-8,12H,6H2,1-5H3,(H,11,13). The van der Waals surface area contributed by atoms with E-state index in [2.05, 4.69) is 5.32 Å². The number of carbonyl (C=O) groups excluding carboxylic acids is 1. The van der Waals surface area contributed by atoms with E-state index in [9.17, 15) is 4.79 Å². The van der Waals surface area contributed by atoms with E-state index in [4.69, 9.17) is 5.11 Å². The van der Waals surface area contributed by atoms with E-state index in [1.165, 1.54) is 0 Å². The van der Waals surface area contributed by atoms with Crippen LogP contribution in [0, 0.1) is 11.3 Å². The molecule has 2 unspecified atom stereocenters. The minimum absolute atomic E-state index is 0.0247. The molecule has 0 aliphatic heterocycles. The van der Waals surface area contributed by atoms with Crippen LogP contribution in [0.25, 0.3) is 0 Å². The molecule has 0 radical (unpaired) electrons. The van der Waals surface area contributed by atoms with Crippen molar-refractivity contribution in [2.45, 2.75) is 40.7 Å². The average molecular weight is 187 g/mol. The van der Waals surface area contributed by atoms with Gasteiger partial charge in [0, 0.05) is 18.1 Å². The third-order valence-corrected chi connectivity index (χ3v) is 2.18. The minimum atomic E-state index is -0.358. The third kappa shape index (κ3) is 4.27. The Balaban J connectivity index is 4.07. The first-order valence-electron chi connectivity index (χ1n) is 4.71.